The number of aliphatic hydroxyl groups is 1. The predicted octanol–water partition coefficient (Wildman–Crippen LogP) is 1.38. The largest absolute Gasteiger partial charge is 0.394 e. The Hall–Kier alpha value is -1.99. The van der Waals surface area contributed by atoms with Gasteiger partial charge in [0, 0.05) is 24.8 Å². The Morgan fingerprint density at radius 1 is 1.52 bits per heavy atom. The molecule has 21 heavy (non-hydrogen) atoms. The summed E-state index contributed by atoms with van der Waals surface area (Å²) in [5.41, 5.74) is 0.559. The number of ketones is 1. The van der Waals surface area contributed by atoms with Crippen LogP contribution in [0.25, 0.3) is 0 Å². The molecule has 1 aromatic rings. The number of nitro benzene ring substituents is 1. The fourth-order valence-electron chi connectivity index (χ4n) is 2.52. The van der Waals surface area contributed by atoms with Crippen molar-refractivity contribution >= 4 is 17.2 Å². The number of morpholine rings is 1. The molecule has 1 N–H and O–H groups in total. The molecule has 114 valence electrons. The van der Waals surface area contributed by atoms with E-state index in [9.17, 15) is 20.0 Å². The SMILES string of the molecule is CC(=O)c1ccc(N2CC(C)OC(CO)C2)cc1[N+](=O)[O-]. The van der Waals surface area contributed by atoms with Gasteiger partial charge in [0.05, 0.1) is 29.3 Å². The molecule has 7 nitrogen and oxygen atoms in total. The second-order valence-corrected chi connectivity index (χ2v) is 5.17. The van der Waals surface area contributed by atoms with Gasteiger partial charge in [0.2, 0.25) is 0 Å². The molecule has 0 amide bonds. The number of benzene rings is 1. The Balaban J connectivity index is 2.33. The second kappa shape index (κ2) is 6.19. The summed E-state index contributed by atoms with van der Waals surface area (Å²) in [6.45, 7) is 4.12. The smallest absolute Gasteiger partial charge is 0.282 e. The standard InChI is InChI=1S/C14H18N2O5/c1-9-6-15(7-12(8-17)21-9)11-3-4-13(10(2)18)14(5-11)16(19)20/h3-5,9,12,17H,6-8H2,1-2H3. The van der Waals surface area contributed by atoms with Crippen LogP contribution in [0.15, 0.2) is 18.2 Å². The molecule has 2 atom stereocenters. The summed E-state index contributed by atoms with van der Waals surface area (Å²) >= 11 is 0. The molecule has 2 rings (SSSR count). The first kappa shape index (κ1) is 15.4. The number of carbonyl (C=O) groups excluding carboxylic acids is 1. The Kier molecular flexibility index (Phi) is 4.54. The average Bonchev–Trinajstić information content (AvgIpc) is 2.45. The minimum Gasteiger partial charge on any atom is -0.394 e. The van der Waals surface area contributed by atoms with Crippen LogP contribution in [0.1, 0.15) is 24.2 Å². The third-order valence-electron chi connectivity index (χ3n) is 3.45. The first-order valence-corrected chi connectivity index (χ1v) is 6.73. The van der Waals surface area contributed by atoms with Crippen LogP contribution < -0.4 is 4.90 Å². The van der Waals surface area contributed by atoms with Crippen molar-refractivity contribution in [1.29, 1.82) is 0 Å². The minimum atomic E-state index is -0.548. The Bertz CT molecular complexity index is 560. The van der Waals surface area contributed by atoms with E-state index in [0.717, 1.165) is 0 Å². The molecule has 2 unspecified atom stereocenters. The van der Waals surface area contributed by atoms with Crippen molar-refractivity contribution in [3.63, 3.8) is 0 Å². The summed E-state index contributed by atoms with van der Waals surface area (Å²) in [6.07, 6.45) is -0.400. The first-order valence-electron chi connectivity index (χ1n) is 6.73. The van der Waals surface area contributed by atoms with E-state index < -0.39 is 4.92 Å². The van der Waals surface area contributed by atoms with Crippen molar-refractivity contribution in [2.24, 2.45) is 0 Å². The predicted molar refractivity (Wildman–Crippen MR) is 76.7 cm³/mol. The van der Waals surface area contributed by atoms with Crippen LogP contribution in [0.4, 0.5) is 11.4 Å². The fourth-order valence-corrected chi connectivity index (χ4v) is 2.52. The van der Waals surface area contributed by atoms with E-state index in [0.29, 0.717) is 18.8 Å². The number of ether oxygens (including phenoxy) is 1. The number of nitrogens with zero attached hydrogens (tertiary/aromatic N) is 2. The number of hydrogen-bond donors (Lipinski definition) is 1. The molecule has 1 saturated heterocycles. The molecule has 1 aliphatic rings. The summed E-state index contributed by atoms with van der Waals surface area (Å²) < 4.78 is 5.55. The maximum absolute atomic E-state index is 11.4. The zero-order chi connectivity index (χ0) is 15.6. The summed E-state index contributed by atoms with van der Waals surface area (Å²) in [6, 6.07) is 4.57. The summed E-state index contributed by atoms with van der Waals surface area (Å²) in [5, 5.41) is 20.3. The van der Waals surface area contributed by atoms with Crippen LogP contribution in [0.2, 0.25) is 0 Å². The van der Waals surface area contributed by atoms with Gasteiger partial charge in [0.25, 0.3) is 5.69 Å². The highest BCUT2D eigenvalue weighted by Crippen LogP contribution is 2.28. The van der Waals surface area contributed by atoms with Gasteiger partial charge >= 0.3 is 0 Å². The van der Waals surface area contributed by atoms with Gasteiger partial charge < -0.3 is 14.7 Å². The molecule has 0 radical (unpaired) electrons. The zero-order valence-electron chi connectivity index (χ0n) is 12.0. The zero-order valence-corrected chi connectivity index (χ0v) is 12.0. The fraction of sp³-hybridized carbons (Fsp3) is 0.500. The van der Waals surface area contributed by atoms with Gasteiger partial charge in [-0.2, -0.15) is 0 Å². The normalized spacial score (nSPS) is 22.1. The van der Waals surface area contributed by atoms with Gasteiger partial charge in [-0.25, -0.2) is 0 Å². The average molecular weight is 294 g/mol. The third-order valence-corrected chi connectivity index (χ3v) is 3.45. The van der Waals surface area contributed by atoms with Crippen molar-refractivity contribution in [3.8, 4) is 0 Å². The molecule has 0 aliphatic carbocycles. The highest BCUT2D eigenvalue weighted by molar-refractivity contribution is 5.98. The lowest BCUT2D eigenvalue weighted by molar-refractivity contribution is -0.385. The molecule has 0 aromatic heterocycles. The van der Waals surface area contributed by atoms with Gasteiger partial charge in [0.1, 0.15) is 0 Å². The monoisotopic (exact) mass is 294 g/mol. The van der Waals surface area contributed by atoms with Crippen molar-refractivity contribution in [2.45, 2.75) is 26.1 Å². The Morgan fingerprint density at radius 3 is 2.81 bits per heavy atom. The number of hydrogen-bond acceptors (Lipinski definition) is 6. The van der Waals surface area contributed by atoms with Gasteiger partial charge in [-0.3, -0.25) is 14.9 Å². The molecule has 1 fully saturated rings. The van der Waals surface area contributed by atoms with E-state index in [1.165, 1.54) is 19.1 Å². The number of Topliss-reactive ketones (excluding diaryl/α,β-unsaturated/α-hetero) is 1. The van der Waals surface area contributed by atoms with Crippen molar-refractivity contribution in [2.75, 3.05) is 24.6 Å². The summed E-state index contributed by atoms with van der Waals surface area (Å²) in [4.78, 5) is 23.9. The number of anilines is 1. The van der Waals surface area contributed by atoms with E-state index in [4.69, 9.17) is 4.74 Å². The van der Waals surface area contributed by atoms with Gasteiger partial charge in [-0.15, -0.1) is 0 Å². The Labute approximate surface area is 122 Å². The maximum atomic E-state index is 11.4. The highest BCUT2D eigenvalue weighted by Gasteiger charge is 2.27. The number of carbonyl (C=O) groups is 1. The molecule has 0 spiro atoms. The number of nitro groups is 1. The van der Waals surface area contributed by atoms with Crippen molar-refractivity contribution < 1.29 is 19.6 Å². The quantitative estimate of drug-likeness (QED) is 0.512. The highest BCUT2D eigenvalue weighted by atomic mass is 16.6. The van der Waals surface area contributed by atoms with Gasteiger partial charge in [-0.1, -0.05) is 0 Å². The van der Waals surface area contributed by atoms with Gasteiger partial charge in [-0.05, 0) is 26.0 Å². The van der Waals surface area contributed by atoms with Crippen LogP contribution in [-0.4, -0.2) is 47.7 Å². The van der Waals surface area contributed by atoms with Crippen LogP contribution >= 0.6 is 0 Å². The molecule has 1 aliphatic heterocycles. The van der Waals surface area contributed by atoms with E-state index in [2.05, 4.69) is 0 Å². The maximum Gasteiger partial charge on any atom is 0.282 e. The first-order chi connectivity index (χ1) is 9.92. The summed E-state index contributed by atoms with van der Waals surface area (Å²) in [5.74, 6) is -0.336. The van der Waals surface area contributed by atoms with Crippen LogP contribution in [-0.2, 0) is 4.74 Å². The van der Waals surface area contributed by atoms with Crippen molar-refractivity contribution in [1.82, 2.24) is 0 Å². The van der Waals surface area contributed by atoms with E-state index in [1.807, 2.05) is 11.8 Å². The molecule has 7 heteroatoms. The molecule has 1 aromatic carbocycles. The lowest BCUT2D eigenvalue weighted by Crippen LogP contribution is -2.48. The minimum absolute atomic E-state index is 0.0811. The second-order valence-electron chi connectivity index (χ2n) is 5.17. The van der Waals surface area contributed by atoms with E-state index >= 15 is 0 Å². The lowest BCUT2D eigenvalue weighted by atomic mass is 10.1. The molecule has 0 saturated carbocycles. The molecular weight excluding hydrogens is 276 g/mol. The van der Waals surface area contributed by atoms with Crippen LogP contribution in [0, 0.1) is 10.1 Å². The Morgan fingerprint density at radius 2 is 2.24 bits per heavy atom. The van der Waals surface area contributed by atoms with E-state index in [-0.39, 0.29) is 35.8 Å². The van der Waals surface area contributed by atoms with Crippen molar-refractivity contribution in [3.05, 3.63) is 33.9 Å². The lowest BCUT2D eigenvalue weighted by Gasteiger charge is -2.37. The topological polar surface area (TPSA) is 92.9 Å². The molecule has 0 bridgehead atoms. The molecular formula is C14H18N2O5. The van der Waals surface area contributed by atoms with Crippen LogP contribution in [0.5, 0.6) is 0 Å². The third kappa shape index (κ3) is 3.37. The molecule has 1 heterocycles. The van der Waals surface area contributed by atoms with Gasteiger partial charge in [0.15, 0.2) is 5.78 Å². The number of aliphatic hydroxyl groups excluding tert-OH is 1. The summed E-state index contributed by atoms with van der Waals surface area (Å²) in [7, 11) is 0. The van der Waals surface area contributed by atoms with Crippen LogP contribution in [0.3, 0.4) is 0 Å². The number of rotatable bonds is 4. The van der Waals surface area contributed by atoms with E-state index in [1.54, 1.807) is 6.07 Å².